The molecule has 1 aromatic carbocycles. The number of carbonyl (C=O) groups excluding carboxylic acids is 3. The van der Waals surface area contributed by atoms with E-state index in [9.17, 15) is 28.7 Å². The van der Waals surface area contributed by atoms with Gasteiger partial charge in [0.1, 0.15) is 17.2 Å². The maximum Gasteiger partial charge on any atom is 0.312 e. The highest BCUT2D eigenvalue weighted by Crippen LogP contribution is 2.49. The third kappa shape index (κ3) is 4.52. The van der Waals surface area contributed by atoms with Gasteiger partial charge < -0.3 is 19.6 Å². The first-order chi connectivity index (χ1) is 17.4. The predicted molar refractivity (Wildman–Crippen MR) is 131 cm³/mol. The smallest absolute Gasteiger partial charge is 0.312 e. The lowest BCUT2D eigenvalue weighted by atomic mass is 9.74. The molecule has 10 nitrogen and oxygen atoms in total. The van der Waals surface area contributed by atoms with Crippen LogP contribution in [0.4, 0.5) is 4.39 Å². The molecule has 198 valence electrons. The molecule has 1 fully saturated rings. The van der Waals surface area contributed by atoms with E-state index in [1.54, 1.807) is 19.2 Å². The van der Waals surface area contributed by atoms with Gasteiger partial charge in [0.05, 0.1) is 12.1 Å². The highest BCUT2D eigenvalue weighted by Gasteiger charge is 2.54. The van der Waals surface area contributed by atoms with Crippen LogP contribution >= 0.6 is 0 Å². The molecular weight excluding hydrogens is 483 g/mol. The summed E-state index contributed by atoms with van der Waals surface area (Å²) in [6.07, 6.45) is 1.85. The number of likely N-dealkylation sites (N-methyl/N-ethyl adjacent to an activating group) is 2. The van der Waals surface area contributed by atoms with Crippen molar-refractivity contribution >= 4 is 17.6 Å². The summed E-state index contributed by atoms with van der Waals surface area (Å²) in [5.41, 5.74) is -2.33. The summed E-state index contributed by atoms with van der Waals surface area (Å²) in [5.74, 6) is -3.07. The van der Waals surface area contributed by atoms with E-state index in [1.165, 1.54) is 47.6 Å². The Balaban J connectivity index is 1.79. The van der Waals surface area contributed by atoms with Gasteiger partial charge in [-0.25, -0.2) is 9.37 Å². The summed E-state index contributed by atoms with van der Waals surface area (Å²) in [5, 5.41) is 10.7. The number of Topliss-reactive ketones (excluding diaryl/α,β-unsaturated/α-hetero) is 1. The van der Waals surface area contributed by atoms with Crippen molar-refractivity contribution in [2.75, 3.05) is 28.3 Å². The molecule has 1 aromatic heterocycles. The van der Waals surface area contributed by atoms with Crippen molar-refractivity contribution in [2.24, 2.45) is 0 Å². The maximum atomic E-state index is 13.4. The topological polar surface area (TPSA) is 122 Å². The van der Waals surface area contributed by atoms with E-state index in [4.69, 9.17) is 4.74 Å². The van der Waals surface area contributed by atoms with Crippen molar-refractivity contribution in [1.29, 1.82) is 0 Å². The average molecular weight is 515 g/mol. The van der Waals surface area contributed by atoms with Crippen molar-refractivity contribution in [1.82, 2.24) is 19.4 Å². The minimum Gasteiger partial charge on any atom is -0.501 e. The number of halogens is 1. The molecule has 0 unspecified atom stereocenters. The summed E-state index contributed by atoms with van der Waals surface area (Å²) in [4.78, 5) is 59.2. The zero-order valence-electron chi connectivity index (χ0n) is 21.4. The molecule has 2 aliphatic heterocycles. The van der Waals surface area contributed by atoms with Gasteiger partial charge in [-0.15, -0.1) is 0 Å². The van der Waals surface area contributed by atoms with E-state index in [2.05, 4.69) is 4.98 Å². The lowest BCUT2D eigenvalue weighted by Gasteiger charge is -2.45. The fraction of sp³-hybridized carbons (Fsp3) is 0.500. The summed E-state index contributed by atoms with van der Waals surface area (Å²) >= 11 is 0. The Bertz CT molecular complexity index is 1300. The van der Waals surface area contributed by atoms with Crippen LogP contribution in [-0.2, 0) is 32.8 Å². The van der Waals surface area contributed by atoms with Gasteiger partial charge in [-0.2, -0.15) is 0 Å². The van der Waals surface area contributed by atoms with Crippen molar-refractivity contribution in [2.45, 2.75) is 56.2 Å². The van der Waals surface area contributed by atoms with Gasteiger partial charge in [-0.1, -0.05) is 12.1 Å². The number of carbonyl (C=O) groups is 3. The molecule has 3 aliphatic rings. The zero-order valence-corrected chi connectivity index (χ0v) is 21.4. The normalized spacial score (nSPS) is 22.2. The number of methoxy groups -OCH3 is 1. The first kappa shape index (κ1) is 26.5. The van der Waals surface area contributed by atoms with E-state index in [-0.39, 0.29) is 30.9 Å². The number of ether oxygens (including phenoxy) is 1. The van der Waals surface area contributed by atoms with Crippen LogP contribution in [0.5, 0.6) is 5.75 Å². The van der Waals surface area contributed by atoms with E-state index < -0.39 is 45.9 Å². The second kappa shape index (κ2) is 9.70. The maximum absolute atomic E-state index is 13.4. The van der Waals surface area contributed by atoms with Crippen LogP contribution in [0.2, 0.25) is 0 Å². The number of nitrogens with zero attached hydrogens (tertiary/aromatic N) is 4. The third-order valence-electron chi connectivity index (χ3n) is 7.78. The Hall–Kier alpha value is -3.60. The van der Waals surface area contributed by atoms with E-state index in [0.717, 1.165) is 0 Å². The number of benzene rings is 1. The lowest BCUT2D eigenvalue weighted by molar-refractivity contribution is -0.156. The van der Waals surface area contributed by atoms with Crippen molar-refractivity contribution in [3.8, 4) is 5.75 Å². The molecular formula is C26H31FN4O6. The molecule has 5 rings (SSSR count). The van der Waals surface area contributed by atoms with Crippen molar-refractivity contribution in [3.63, 3.8) is 0 Å². The summed E-state index contributed by atoms with van der Waals surface area (Å²) in [7, 11) is 5.99. The van der Waals surface area contributed by atoms with Gasteiger partial charge in [-0.3, -0.25) is 23.7 Å². The molecule has 11 heteroatoms. The largest absolute Gasteiger partial charge is 0.501 e. The molecule has 1 aliphatic carbocycles. The number of aromatic hydroxyl groups is 1. The highest BCUT2D eigenvalue weighted by molar-refractivity contribution is 6.34. The molecule has 0 saturated heterocycles. The first-order valence-electron chi connectivity index (χ1n) is 12.1. The van der Waals surface area contributed by atoms with Gasteiger partial charge in [0.25, 0.3) is 5.56 Å². The fourth-order valence-corrected chi connectivity index (χ4v) is 5.34. The van der Waals surface area contributed by atoms with E-state index >= 15 is 0 Å². The van der Waals surface area contributed by atoms with Gasteiger partial charge in [0.2, 0.25) is 5.75 Å². The number of fused-ring (bicyclic) bond motifs is 2. The molecule has 2 aromatic rings. The summed E-state index contributed by atoms with van der Waals surface area (Å²) in [6, 6.07) is 5.69. The second-order valence-corrected chi connectivity index (χ2v) is 10.1. The Morgan fingerprint density at radius 3 is 2.27 bits per heavy atom. The molecule has 1 N–H and O–H groups in total. The molecule has 2 bridgehead atoms. The van der Waals surface area contributed by atoms with E-state index in [0.29, 0.717) is 31.2 Å². The molecule has 2 amide bonds. The van der Waals surface area contributed by atoms with Crippen LogP contribution in [-0.4, -0.2) is 75.9 Å². The monoisotopic (exact) mass is 514 g/mol. The molecule has 3 heterocycles. The average Bonchev–Trinajstić information content (AvgIpc) is 3.13. The Morgan fingerprint density at radius 1 is 1.08 bits per heavy atom. The Labute approximate surface area is 213 Å². The summed E-state index contributed by atoms with van der Waals surface area (Å²) in [6.45, 7) is 0.0910. The van der Waals surface area contributed by atoms with Crippen LogP contribution in [0, 0.1) is 5.82 Å². The first-order valence-corrected chi connectivity index (χ1v) is 12.1. The van der Waals surface area contributed by atoms with Crippen LogP contribution in [0.25, 0.3) is 0 Å². The minimum atomic E-state index is -1.15. The number of hydrogen-bond donors (Lipinski definition) is 1. The second-order valence-electron chi connectivity index (χ2n) is 10.1. The standard InChI is InChI=1S/C26H31FN4O6/c1-29(2)22(35)23(36)30(3)26-13-11-25(37-4,12-14-26)15-31-21(34)20(33)19(28-24(26)31)18(32)10-7-16-5-8-17(27)9-6-16/h5-6,8-9,33H,7,10-15H2,1-4H3. The quantitative estimate of drug-likeness (QED) is 0.459. The Morgan fingerprint density at radius 2 is 1.70 bits per heavy atom. The van der Waals surface area contributed by atoms with Gasteiger partial charge in [-0.05, 0) is 49.8 Å². The van der Waals surface area contributed by atoms with Crippen LogP contribution < -0.4 is 5.56 Å². The van der Waals surface area contributed by atoms with Gasteiger partial charge >= 0.3 is 11.8 Å². The molecule has 0 spiro atoms. The predicted octanol–water partition coefficient (Wildman–Crippen LogP) is 1.62. The van der Waals surface area contributed by atoms with Crippen LogP contribution in [0.3, 0.4) is 0 Å². The van der Waals surface area contributed by atoms with Crippen LogP contribution in [0.1, 0.15) is 54.0 Å². The van der Waals surface area contributed by atoms with E-state index in [1.807, 2.05) is 0 Å². The number of aryl methyl sites for hydroxylation is 1. The van der Waals surface area contributed by atoms with Gasteiger partial charge in [0, 0.05) is 34.7 Å². The number of hydrogen-bond acceptors (Lipinski definition) is 7. The number of aromatic nitrogens is 2. The number of rotatable bonds is 6. The van der Waals surface area contributed by atoms with Crippen LogP contribution in [0.15, 0.2) is 29.1 Å². The lowest BCUT2D eigenvalue weighted by Crippen LogP contribution is -2.55. The summed E-state index contributed by atoms with van der Waals surface area (Å²) < 4.78 is 20.3. The number of amides is 2. The number of ketones is 1. The van der Waals surface area contributed by atoms with Crippen molar-refractivity contribution in [3.05, 3.63) is 57.5 Å². The molecule has 0 radical (unpaired) electrons. The molecule has 1 saturated carbocycles. The van der Waals surface area contributed by atoms with Gasteiger partial charge in [0.15, 0.2) is 11.5 Å². The molecule has 0 atom stereocenters. The minimum absolute atomic E-state index is 0.0714. The SMILES string of the molecule is COC12CCC(N(C)C(=O)C(=O)N(C)C)(CC1)c1nc(C(=O)CCc3ccc(F)cc3)c(O)c(=O)n1C2. The zero-order chi connectivity index (χ0) is 27.1. The van der Waals surface area contributed by atoms with Crippen molar-refractivity contribution < 1.29 is 28.6 Å². The fourth-order valence-electron chi connectivity index (χ4n) is 5.34. The third-order valence-corrected chi connectivity index (χ3v) is 7.78. The molecule has 37 heavy (non-hydrogen) atoms. The highest BCUT2D eigenvalue weighted by atomic mass is 19.1. The Kier molecular flexibility index (Phi) is 6.93.